The van der Waals surface area contributed by atoms with E-state index in [9.17, 15) is 4.79 Å². The Morgan fingerprint density at radius 1 is 1.31 bits per heavy atom. The van der Waals surface area contributed by atoms with Gasteiger partial charge in [-0.05, 0) is 19.3 Å². The Balaban J connectivity index is 0.000000845. The first kappa shape index (κ1) is 10.8. The average Bonchev–Trinajstić information content (AvgIpc) is 2.31. The Morgan fingerprint density at radius 3 is 2.38 bits per heavy atom. The predicted octanol–water partition coefficient (Wildman–Crippen LogP) is 0.768. The highest BCUT2D eigenvalue weighted by Gasteiger charge is 2.32. The molecule has 0 radical (unpaired) electrons. The van der Waals surface area contributed by atoms with Crippen LogP contribution in [0.25, 0.3) is 0 Å². The molecule has 2 N–H and O–H groups in total. The maximum absolute atomic E-state index is 11.6. The third-order valence-electron chi connectivity index (χ3n) is 2.99. The van der Waals surface area contributed by atoms with Crippen LogP contribution in [0.15, 0.2) is 0 Å². The summed E-state index contributed by atoms with van der Waals surface area (Å²) in [4.78, 5) is 13.6. The SMILES string of the molecule is Cl.N[C@H]1CCN(C(=O)C2CCC2)C1. The molecule has 0 unspecified atom stereocenters. The molecule has 4 heteroatoms. The highest BCUT2D eigenvalue weighted by atomic mass is 35.5. The summed E-state index contributed by atoms with van der Waals surface area (Å²) in [6, 6.07) is 0.231. The van der Waals surface area contributed by atoms with Gasteiger partial charge in [-0.15, -0.1) is 12.4 Å². The predicted molar refractivity (Wildman–Crippen MR) is 53.8 cm³/mol. The molecule has 2 aliphatic rings. The number of halogens is 1. The van der Waals surface area contributed by atoms with Gasteiger partial charge in [0.15, 0.2) is 0 Å². The van der Waals surface area contributed by atoms with Crippen LogP contribution in [0.4, 0.5) is 0 Å². The normalized spacial score (nSPS) is 28.1. The van der Waals surface area contributed by atoms with Gasteiger partial charge in [-0.3, -0.25) is 4.79 Å². The molecule has 0 bridgehead atoms. The zero-order valence-corrected chi connectivity index (χ0v) is 8.55. The van der Waals surface area contributed by atoms with Gasteiger partial charge in [0.05, 0.1) is 0 Å². The number of rotatable bonds is 1. The lowest BCUT2D eigenvalue weighted by Gasteiger charge is -2.28. The van der Waals surface area contributed by atoms with Crippen molar-refractivity contribution in [2.45, 2.75) is 31.7 Å². The number of likely N-dealkylation sites (tertiary alicyclic amines) is 1. The van der Waals surface area contributed by atoms with E-state index < -0.39 is 0 Å². The molecule has 13 heavy (non-hydrogen) atoms. The van der Waals surface area contributed by atoms with Crippen molar-refractivity contribution >= 4 is 18.3 Å². The summed E-state index contributed by atoms with van der Waals surface area (Å²) >= 11 is 0. The van der Waals surface area contributed by atoms with Crippen LogP contribution in [-0.4, -0.2) is 29.9 Å². The lowest BCUT2D eigenvalue weighted by molar-refractivity contribution is -0.137. The fourth-order valence-electron chi connectivity index (χ4n) is 1.90. The van der Waals surface area contributed by atoms with Crippen LogP contribution < -0.4 is 5.73 Å². The van der Waals surface area contributed by atoms with E-state index in [0.717, 1.165) is 32.4 Å². The Kier molecular flexibility index (Phi) is 3.56. The van der Waals surface area contributed by atoms with Gasteiger partial charge in [-0.2, -0.15) is 0 Å². The van der Waals surface area contributed by atoms with E-state index in [1.165, 1.54) is 6.42 Å². The number of carbonyl (C=O) groups excluding carboxylic acids is 1. The van der Waals surface area contributed by atoms with Crippen LogP contribution in [0.3, 0.4) is 0 Å². The molecule has 0 aromatic heterocycles. The van der Waals surface area contributed by atoms with Crippen molar-refractivity contribution < 1.29 is 4.79 Å². The summed E-state index contributed by atoms with van der Waals surface area (Å²) in [5.74, 6) is 0.699. The van der Waals surface area contributed by atoms with Crippen LogP contribution in [0.5, 0.6) is 0 Å². The lowest BCUT2D eigenvalue weighted by Crippen LogP contribution is -2.38. The number of hydrogen-bond donors (Lipinski definition) is 1. The van der Waals surface area contributed by atoms with Crippen molar-refractivity contribution in [3.05, 3.63) is 0 Å². The highest BCUT2D eigenvalue weighted by molar-refractivity contribution is 5.85. The number of nitrogens with zero attached hydrogens (tertiary/aromatic N) is 1. The molecule has 0 aromatic rings. The minimum absolute atomic E-state index is 0. The lowest BCUT2D eigenvalue weighted by atomic mass is 9.84. The Bertz CT molecular complexity index is 194. The molecule has 1 aliphatic carbocycles. The quantitative estimate of drug-likeness (QED) is 0.686. The van der Waals surface area contributed by atoms with E-state index in [-0.39, 0.29) is 18.4 Å². The van der Waals surface area contributed by atoms with Crippen molar-refractivity contribution in [1.29, 1.82) is 0 Å². The maximum atomic E-state index is 11.6. The van der Waals surface area contributed by atoms with E-state index in [4.69, 9.17) is 5.73 Å². The summed E-state index contributed by atoms with van der Waals surface area (Å²) in [6.45, 7) is 1.67. The van der Waals surface area contributed by atoms with Gasteiger partial charge >= 0.3 is 0 Å². The van der Waals surface area contributed by atoms with Crippen molar-refractivity contribution in [2.75, 3.05) is 13.1 Å². The van der Waals surface area contributed by atoms with Crippen LogP contribution >= 0.6 is 12.4 Å². The molecule has 2 rings (SSSR count). The van der Waals surface area contributed by atoms with E-state index in [0.29, 0.717) is 11.8 Å². The molecular formula is C9H17ClN2O. The fraction of sp³-hybridized carbons (Fsp3) is 0.889. The monoisotopic (exact) mass is 204 g/mol. The highest BCUT2D eigenvalue weighted by Crippen LogP contribution is 2.29. The first-order valence-corrected chi connectivity index (χ1v) is 4.82. The van der Waals surface area contributed by atoms with Gasteiger partial charge in [-0.1, -0.05) is 6.42 Å². The zero-order chi connectivity index (χ0) is 8.55. The second kappa shape index (κ2) is 4.29. The van der Waals surface area contributed by atoms with E-state index >= 15 is 0 Å². The molecule has 0 aromatic carbocycles. The van der Waals surface area contributed by atoms with Crippen LogP contribution in [-0.2, 0) is 4.79 Å². The van der Waals surface area contributed by atoms with Gasteiger partial charge in [0.1, 0.15) is 0 Å². The Hall–Kier alpha value is -0.280. The van der Waals surface area contributed by atoms with Gasteiger partial charge in [0, 0.05) is 25.0 Å². The van der Waals surface area contributed by atoms with Crippen molar-refractivity contribution in [1.82, 2.24) is 4.90 Å². The average molecular weight is 205 g/mol. The first-order valence-electron chi connectivity index (χ1n) is 4.82. The number of carbonyl (C=O) groups is 1. The topological polar surface area (TPSA) is 46.3 Å². The molecular weight excluding hydrogens is 188 g/mol. The molecule has 2 fully saturated rings. The van der Waals surface area contributed by atoms with Gasteiger partial charge in [-0.25, -0.2) is 0 Å². The third-order valence-corrected chi connectivity index (χ3v) is 2.99. The van der Waals surface area contributed by atoms with Gasteiger partial charge < -0.3 is 10.6 Å². The Labute approximate surface area is 85.1 Å². The third kappa shape index (κ3) is 2.15. The Morgan fingerprint density at radius 2 is 2.00 bits per heavy atom. The van der Waals surface area contributed by atoms with Crippen molar-refractivity contribution in [3.63, 3.8) is 0 Å². The fourth-order valence-corrected chi connectivity index (χ4v) is 1.90. The van der Waals surface area contributed by atoms with E-state index in [1.807, 2.05) is 4.90 Å². The molecule has 1 atom stereocenters. The van der Waals surface area contributed by atoms with E-state index in [2.05, 4.69) is 0 Å². The van der Waals surface area contributed by atoms with Crippen molar-refractivity contribution in [2.24, 2.45) is 11.7 Å². The molecule has 1 heterocycles. The van der Waals surface area contributed by atoms with Crippen molar-refractivity contribution in [3.8, 4) is 0 Å². The summed E-state index contributed by atoms with van der Waals surface area (Å²) in [7, 11) is 0. The molecule has 3 nitrogen and oxygen atoms in total. The summed E-state index contributed by atoms with van der Waals surface area (Å²) in [5.41, 5.74) is 5.73. The second-order valence-corrected chi connectivity index (χ2v) is 3.96. The zero-order valence-electron chi connectivity index (χ0n) is 7.74. The molecule has 1 amide bonds. The smallest absolute Gasteiger partial charge is 0.225 e. The molecule has 1 aliphatic heterocycles. The standard InChI is InChI=1S/C9H16N2O.ClH/c10-8-4-5-11(6-8)9(12)7-2-1-3-7;/h7-8H,1-6,10H2;1H/t8-;/m0./s1. The van der Waals surface area contributed by atoms with Crippen LogP contribution in [0.2, 0.25) is 0 Å². The van der Waals surface area contributed by atoms with Crippen LogP contribution in [0.1, 0.15) is 25.7 Å². The molecule has 1 saturated heterocycles. The minimum Gasteiger partial charge on any atom is -0.341 e. The second-order valence-electron chi connectivity index (χ2n) is 3.96. The number of nitrogens with two attached hydrogens (primary N) is 1. The van der Waals surface area contributed by atoms with Crippen LogP contribution in [0, 0.1) is 5.92 Å². The van der Waals surface area contributed by atoms with E-state index in [1.54, 1.807) is 0 Å². The summed E-state index contributed by atoms with van der Waals surface area (Å²) < 4.78 is 0. The first-order chi connectivity index (χ1) is 5.77. The van der Waals surface area contributed by atoms with Gasteiger partial charge in [0.25, 0.3) is 0 Å². The minimum atomic E-state index is 0. The maximum Gasteiger partial charge on any atom is 0.225 e. The van der Waals surface area contributed by atoms with Gasteiger partial charge in [0.2, 0.25) is 5.91 Å². The number of amides is 1. The summed E-state index contributed by atoms with van der Waals surface area (Å²) in [6.07, 6.45) is 4.42. The largest absolute Gasteiger partial charge is 0.341 e. The molecule has 76 valence electrons. The summed E-state index contributed by atoms with van der Waals surface area (Å²) in [5, 5.41) is 0. The number of hydrogen-bond acceptors (Lipinski definition) is 2. The molecule has 1 saturated carbocycles. The molecule has 0 spiro atoms.